The summed E-state index contributed by atoms with van der Waals surface area (Å²) in [6, 6.07) is 15.6. The lowest BCUT2D eigenvalue weighted by Crippen LogP contribution is -2.07. The van der Waals surface area contributed by atoms with Crippen molar-refractivity contribution < 1.29 is 9.47 Å². The molecule has 3 rings (SSSR count). The molecule has 108 valence electrons. The first-order valence-corrected chi connectivity index (χ1v) is 6.87. The molecule has 3 aromatic rings. The number of aromatic nitrogens is 1. The summed E-state index contributed by atoms with van der Waals surface area (Å²) in [4.78, 5) is 0. The fourth-order valence-corrected chi connectivity index (χ4v) is 2.37. The van der Waals surface area contributed by atoms with Gasteiger partial charge in [-0.1, -0.05) is 6.07 Å². The van der Waals surface area contributed by atoms with E-state index in [1.165, 1.54) is 10.9 Å². The molecule has 0 radical (unpaired) electrons. The zero-order valence-corrected chi connectivity index (χ0v) is 12.0. The molecule has 1 heterocycles. The second kappa shape index (κ2) is 5.79. The van der Waals surface area contributed by atoms with E-state index >= 15 is 0 Å². The predicted octanol–water partition coefficient (Wildman–Crippen LogP) is 3.31. The molecule has 0 atom stereocenters. The summed E-state index contributed by atoms with van der Waals surface area (Å²) in [5.74, 6) is 1.67. The average Bonchev–Trinajstić information content (AvgIpc) is 2.90. The molecule has 2 aromatic carbocycles. The number of nitrogens with zero attached hydrogens (tertiary/aromatic N) is 1. The van der Waals surface area contributed by atoms with Crippen LogP contribution in [0, 0.1) is 0 Å². The SMILES string of the molecule is COc1ccc2c(ccn2CCOc2cccc(N)c2)c1. The highest BCUT2D eigenvalue weighted by atomic mass is 16.5. The van der Waals surface area contributed by atoms with E-state index in [-0.39, 0.29) is 0 Å². The summed E-state index contributed by atoms with van der Waals surface area (Å²) in [6.45, 7) is 1.38. The third-order valence-electron chi connectivity index (χ3n) is 3.44. The Morgan fingerprint density at radius 3 is 2.76 bits per heavy atom. The van der Waals surface area contributed by atoms with Gasteiger partial charge in [-0.2, -0.15) is 0 Å². The van der Waals surface area contributed by atoms with Gasteiger partial charge in [-0.3, -0.25) is 0 Å². The molecule has 1 aromatic heterocycles. The molecular formula is C17H18N2O2. The number of benzene rings is 2. The maximum atomic E-state index is 5.73. The number of anilines is 1. The Kier molecular flexibility index (Phi) is 3.69. The Bertz CT molecular complexity index is 749. The summed E-state index contributed by atoms with van der Waals surface area (Å²) >= 11 is 0. The second-order valence-corrected chi connectivity index (χ2v) is 4.85. The first-order valence-electron chi connectivity index (χ1n) is 6.87. The standard InChI is InChI=1S/C17H18N2O2/c1-20-15-5-6-17-13(11-15)7-8-19(17)9-10-21-16-4-2-3-14(18)12-16/h2-8,11-12H,9-10,18H2,1H3. The van der Waals surface area contributed by atoms with E-state index in [9.17, 15) is 0 Å². The van der Waals surface area contributed by atoms with Gasteiger partial charge < -0.3 is 19.8 Å². The molecule has 4 heteroatoms. The van der Waals surface area contributed by atoms with Crippen LogP contribution in [0.1, 0.15) is 0 Å². The van der Waals surface area contributed by atoms with Crippen molar-refractivity contribution in [1.29, 1.82) is 0 Å². The number of fused-ring (bicyclic) bond motifs is 1. The monoisotopic (exact) mass is 282 g/mol. The third-order valence-corrected chi connectivity index (χ3v) is 3.44. The van der Waals surface area contributed by atoms with Crippen molar-refractivity contribution in [3.05, 3.63) is 54.7 Å². The van der Waals surface area contributed by atoms with Gasteiger partial charge in [0.25, 0.3) is 0 Å². The van der Waals surface area contributed by atoms with E-state index < -0.39 is 0 Å². The molecule has 4 nitrogen and oxygen atoms in total. The average molecular weight is 282 g/mol. The quantitative estimate of drug-likeness (QED) is 0.730. The van der Waals surface area contributed by atoms with Crippen molar-refractivity contribution in [2.45, 2.75) is 6.54 Å². The minimum absolute atomic E-state index is 0.596. The molecule has 0 saturated carbocycles. The van der Waals surface area contributed by atoms with Crippen LogP contribution in [-0.2, 0) is 6.54 Å². The van der Waals surface area contributed by atoms with Gasteiger partial charge in [0.2, 0.25) is 0 Å². The number of nitrogen functional groups attached to an aromatic ring is 1. The van der Waals surface area contributed by atoms with Gasteiger partial charge in [0.15, 0.2) is 0 Å². The van der Waals surface area contributed by atoms with Gasteiger partial charge in [0.05, 0.1) is 13.7 Å². The van der Waals surface area contributed by atoms with Gasteiger partial charge in [0, 0.05) is 28.9 Å². The van der Waals surface area contributed by atoms with Crippen LogP contribution in [-0.4, -0.2) is 18.3 Å². The molecule has 0 aliphatic heterocycles. The lowest BCUT2D eigenvalue weighted by molar-refractivity contribution is 0.300. The lowest BCUT2D eigenvalue weighted by Gasteiger charge is -2.09. The number of nitrogens with two attached hydrogens (primary N) is 1. The van der Waals surface area contributed by atoms with E-state index in [0.29, 0.717) is 12.3 Å². The maximum absolute atomic E-state index is 5.73. The van der Waals surface area contributed by atoms with Crippen LogP contribution in [0.2, 0.25) is 0 Å². The van der Waals surface area contributed by atoms with Gasteiger partial charge in [0.1, 0.15) is 18.1 Å². The van der Waals surface area contributed by atoms with E-state index in [0.717, 1.165) is 18.0 Å². The number of hydrogen-bond acceptors (Lipinski definition) is 3. The molecule has 0 spiro atoms. The molecule has 2 N–H and O–H groups in total. The molecule has 0 fully saturated rings. The van der Waals surface area contributed by atoms with Gasteiger partial charge in [-0.05, 0) is 36.4 Å². The fourth-order valence-electron chi connectivity index (χ4n) is 2.37. The van der Waals surface area contributed by atoms with E-state index in [1.807, 2.05) is 36.4 Å². The van der Waals surface area contributed by atoms with Crippen molar-refractivity contribution in [3.8, 4) is 11.5 Å². The van der Waals surface area contributed by atoms with Crippen LogP contribution in [0.4, 0.5) is 5.69 Å². The topological polar surface area (TPSA) is 49.4 Å². The summed E-state index contributed by atoms with van der Waals surface area (Å²) in [5, 5.41) is 1.17. The smallest absolute Gasteiger partial charge is 0.121 e. The zero-order chi connectivity index (χ0) is 14.7. The molecule has 0 unspecified atom stereocenters. The van der Waals surface area contributed by atoms with Crippen LogP contribution in [0.15, 0.2) is 54.7 Å². The van der Waals surface area contributed by atoms with Crippen molar-refractivity contribution in [2.75, 3.05) is 19.5 Å². The van der Waals surface area contributed by atoms with Crippen LogP contribution in [0.5, 0.6) is 11.5 Å². The van der Waals surface area contributed by atoms with E-state index in [4.69, 9.17) is 15.2 Å². The first-order chi connectivity index (χ1) is 10.3. The fraction of sp³-hybridized carbons (Fsp3) is 0.176. The van der Waals surface area contributed by atoms with Crippen molar-refractivity contribution >= 4 is 16.6 Å². The van der Waals surface area contributed by atoms with Gasteiger partial charge >= 0.3 is 0 Å². The number of rotatable bonds is 5. The third kappa shape index (κ3) is 2.94. The van der Waals surface area contributed by atoms with E-state index in [2.05, 4.69) is 22.9 Å². The van der Waals surface area contributed by atoms with Gasteiger partial charge in [-0.15, -0.1) is 0 Å². The van der Waals surface area contributed by atoms with Gasteiger partial charge in [-0.25, -0.2) is 0 Å². The van der Waals surface area contributed by atoms with Crippen LogP contribution in [0.25, 0.3) is 10.9 Å². The summed E-state index contributed by atoms with van der Waals surface area (Å²) in [6.07, 6.45) is 2.06. The zero-order valence-electron chi connectivity index (χ0n) is 12.0. The lowest BCUT2D eigenvalue weighted by atomic mass is 10.2. The molecule has 0 aliphatic rings. The largest absolute Gasteiger partial charge is 0.497 e. The van der Waals surface area contributed by atoms with Crippen LogP contribution < -0.4 is 15.2 Å². The number of ether oxygens (including phenoxy) is 2. The molecule has 0 bridgehead atoms. The maximum Gasteiger partial charge on any atom is 0.121 e. The summed E-state index contributed by atoms with van der Waals surface area (Å²) in [5.41, 5.74) is 7.62. The summed E-state index contributed by atoms with van der Waals surface area (Å²) in [7, 11) is 1.68. The Balaban J connectivity index is 1.68. The number of hydrogen-bond donors (Lipinski definition) is 1. The Morgan fingerprint density at radius 2 is 1.95 bits per heavy atom. The molecule has 21 heavy (non-hydrogen) atoms. The van der Waals surface area contributed by atoms with Crippen LogP contribution >= 0.6 is 0 Å². The Labute approximate surface area is 123 Å². The highest BCUT2D eigenvalue weighted by Gasteiger charge is 2.03. The van der Waals surface area contributed by atoms with Crippen molar-refractivity contribution in [2.24, 2.45) is 0 Å². The molecular weight excluding hydrogens is 264 g/mol. The first kappa shape index (κ1) is 13.4. The molecule has 0 amide bonds. The highest BCUT2D eigenvalue weighted by Crippen LogP contribution is 2.22. The van der Waals surface area contributed by atoms with Crippen LogP contribution in [0.3, 0.4) is 0 Å². The minimum Gasteiger partial charge on any atom is -0.497 e. The van der Waals surface area contributed by atoms with Crippen molar-refractivity contribution in [3.63, 3.8) is 0 Å². The number of methoxy groups -OCH3 is 1. The molecule has 0 aliphatic carbocycles. The van der Waals surface area contributed by atoms with E-state index in [1.54, 1.807) is 7.11 Å². The Morgan fingerprint density at radius 1 is 1.05 bits per heavy atom. The predicted molar refractivity (Wildman–Crippen MR) is 84.8 cm³/mol. The highest BCUT2D eigenvalue weighted by molar-refractivity contribution is 5.81. The summed E-state index contributed by atoms with van der Waals surface area (Å²) < 4.78 is 13.1. The second-order valence-electron chi connectivity index (χ2n) is 4.85. The molecule has 0 saturated heterocycles. The Hall–Kier alpha value is -2.62. The normalized spacial score (nSPS) is 10.7. The minimum atomic E-state index is 0.596. The van der Waals surface area contributed by atoms with Crippen molar-refractivity contribution in [1.82, 2.24) is 4.57 Å².